The zero-order valence-corrected chi connectivity index (χ0v) is 38.3. The highest BCUT2D eigenvalue weighted by molar-refractivity contribution is 6.09. The predicted molar refractivity (Wildman–Crippen MR) is 284 cm³/mol. The molecule has 9 aromatic carbocycles. The molecule has 1 heteroatoms. The fourth-order valence-corrected chi connectivity index (χ4v) is 12.2. The molecule has 0 aliphatic heterocycles. The minimum Gasteiger partial charge on any atom is -0.309 e. The molecular weight excluding hydrogens is 807 g/mol. The molecule has 0 radical (unpaired) electrons. The summed E-state index contributed by atoms with van der Waals surface area (Å²) in [6.07, 6.45) is 11.6. The third-order valence-electron chi connectivity index (χ3n) is 15.4. The van der Waals surface area contributed by atoms with E-state index in [1.165, 1.54) is 99.5 Å². The summed E-state index contributed by atoms with van der Waals surface area (Å²) in [5.74, 6) is 0. The van der Waals surface area contributed by atoms with Crippen molar-refractivity contribution in [3.05, 3.63) is 281 Å². The summed E-state index contributed by atoms with van der Waals surface area (Å²) in [4.78, 5) is 0. The van der Waals surface area contributed by atoms with Gasteiger partial charge in [0.25, 0.3) is 0 Å². The van der Waals surface area contributed by atoms with E-state index in [4.69, 9.17) is 0 Å². The van der Waals surface area contributed by atoms with Gasteiger partial charge < -0.3 is 4.57 Å². The topological polar surface area (TPSA) is 4.93 Å². The van der Waals surface area contributed by atoms with E-state index >= 15 is 0 Å². The molecule has 0 bridgehead atoms. The van der Waals surface area contributed by atoms with E-state index in [-0.39, 0.29) is 5.41 Å². The second kappa shape index (κ2) is 16.6. The highest BCUT2D eigenvalue weighted by Gasteiger charge is 2.43. The van der Waals surface area contributed by atoms with Crippen molar-refractivity contribution in [2.75, 3.05) is 0 Å². The Bertz CT molecular complexity index is 3410. The van der Waals surface area contributed by atoms with Gasteiger partial charge in [-0.3, -0.25) is 0 Å². The maximum atomic E-state index is 2.56. The molecule has 2 aliphatic rings. The fourth-order valence-electron chi connectivity index (χ4n) is 12.2. The van der Waals surface area contributed by atoms with Gasteiger partial charge in [0.15, 0.2) is 0 Å². The number of nitrogens with zero attached hydrogens (tertiary/aromatic N) is 1. The lowest BCUT2D eigenvalue weighted by molar-refractivity contribution is 0.484. The smallest absolute Gasteiger partial charge is 0.0701 e. The van der Waals surface area contributed by atoms with E-state index in [0.29, 0.717) is 0 Å². The van der Waals surface area contributed by atoms with Crippen LogP contribution in [0.3, 0.4) is 0 Å². The first-order valence-corrected chi connectivity index (χ1v) is 24.2. The summed E-state index contributed by atoms with van der Waals surface area (Å²) in [5, 5.41) is 5.14. The minimum atomic E-state index is -0.477. The van der Waals surface area contributed by atoms with Gasteiger partial charge in [0.1, 0.15) is 0 Å². The van der Waals surface area contributed by atoms with Crippen molar-refractivity contribution in [2.24, 2.45) is 0 Å². The van der Waals surface area contributed by atoms with Gasteiger partial charge in [0.2, 0.25) is 0 Å². The van der Waals surface area contributed by atoms with E-state index in [9.17, 15) is 0 Å². The number of hydrogen-bond acceptors (Lipinski definition) is 0. The Labute approximate surface area is 394 Å². The molecule has 10 aromatic rings. The number of aromatic nitrogens is 1. The molecule has 0 amide bonds. The van der Waals surface area contributed by atoms with Crippen LogP contribution in [0.25, 0.3) is 61.0 Å². The average Bonchev–Trinajstić information content (AvgIpc) is 3.88. The first-order chi connectivity index (χ1) is 33.1. The van der Waals surface area contributed by atoms with Gasteiger partial charge in [0, 0.05) is 21.9 Å². The number of para-hydroxylation sites is 2. The Hall–Kier alpha value is -7.74. The normalized spacial score (nSPS) is 14.5. The van der Waals surface area contributed by atoms with Crippen LogP contribution in [0, 0.1) is 0 Å². The molecule has 322 valence electrons. The molecule has 1 aromatic heterocycles. The van der Waals surface area contributed by atoms with Crippen LogP contribution in [0.15, 0.2) is 242 Å². The molecule has 0 unspecified atom stereocenters. The summed E-state index contributed by atoms with van der Waals surface area (Å²) < 4.78 is 2.47. The maximum absolute atomic E-state index is 2.56. The highest BCUT2D eigenvalue weighted by Crippen LogP contribution is 2.55. The molecule has 0 saturated heterocycles. The van der Waals surface area contributed by atoms with Crippen LogP contribution in [-0.2, 0) is 10.8 Å². The zero-order valence-electron chi connectivity index (χ0n) is 38.3. The molecule has 1 heterocycles. The van der Waals surface area contributed by atoms with Crippen LogP contribution >= 0.6 is 0 Å². The average molecular weight is 860 g/mol. The van der Waals surface area contributed by atoms with Gasteiger partial charge in [-0.2, -0.15) is 0 Å². The maximum Gasteiger partial charge on any atom is 0.0701 e. The first kappa shape index (κ1) is 40.7. The van der Waals surface area contributed by atoms with Crippen LogP contribution in [0.5, 0.6) is 0 Å². The Morgan fingerprint density at radius 3 is 1.55 bits per heavy atom. The largest absolute Gasteiger partial charge is 0.309 e. The molecule has 0 spiro atoms. The molecule has 0 fully saturated rings. The lowest BCUT2D eigenvalue weighted by Gasteiger charge is -2.37. The van der Waals surface area contributed by atoms with Crippen molar-refractivity contribution in [1.29, 1.82) is 0 Å². The second-order valence-electron chi connectivity index (χ2n) is 18.5. The molecule has 0 atom stereocenters. The van der Waals surface area contributed by atoms with Crippen molar-refractivity contribution < 1.29 is 0 Å². The van der Waals surface area contributed by atoms with E-state index < -0.39 is 5.41 Å². The fraction of sp³-hybridized carbons (Fsp3) is 0.121. The van der Waals surface area contributed by atoms with Crippen molar-refractivity contribution in [1.82, 2.24) is 4.57 Å². The minimum absolute atomic E-state index is 0.0220. The van der Waals surface area contributed by atoms with Gasteiger partial charge in [-0.1, -0.05) is 226 Å². The lowest BCUT2D eigenvalue weighted by atomic mass is 9.65. The highest BCUT2D eigenvalue weighted by atomic mass is 15.0. The lowest BCUT2D eigenvalue weighted by Crippen LogP contribution is -2.30. The third-order valence-corrected chi connectivity index (χ3v) is 15.4. The van der Waals surface area contributed by atoms with Crippen LogP contribution in [0.1, 0.15) is 78.5 Å². The van der Waals surface area contributed by atoms with Gasteiger partial charge >= 0.3 is 0 Å². The van der Waals surface area contributed by atoms with E-state index in [1.807, 2.05) is 0 Å². The SMILES string of the molecule is CCC1(CC)C2=C(CCC(/C=C/c3ccc(-c4ccc(C(c5ccccc5)(c5ccccc5)c5ccccc5)cc4)c4ccccc34)=C2)c2ccc(-n3c4ccccc4c4ccccc43)cc21. The summed E-state index contributed by atoms with van der Waals surface area (Å²) in [6, 6.07) is 80.8. The standard InChI is InChI=1S/C66H53N/c1-3-65(4-2)61-44-46(33-41-57(61)58-43-40-53(45-62(58)65)67-63-30-18-16-28-59(63)60-29-17-19-31-64(60)67)32-34-47-37-42-55(56-27-15-14-26-54(47)56)48-35-38-52(39-36-48)66(49-20-8-5-9-21-49,50-22-10-6-11-23-50)51-24-12-7-13-25-51/h5-32,34-40,42-45H,3-4,33,41H2,1-2H3/b34-32+. The van der Waals surface area contributed by atoms with Crippen LogP contribution in [0.4, 0.5) is 0 Å². The molecule has 12 rings (SSSR count). The van der Waals surface area contributed by atoms with Gasteiger partial charge in [-0.25, -0.2) is 0 Å². The molecule has 2 aliphatic carbocycles. The second-order valence-corrected chi connectivity index (χ2v) is 18.5. The van der Waals surface area contributed by atoms with Crippen LogP contribution < -0.4 is 0 Å². The molecule has 0 saturated carbocycles. The predicted octanol–water partition coefficient (Wildman–Crippen LogP) is 17.2. The number of fused-ring (bicyclic) bond motifs is 6. The monoisotopic (exact) mass is 859 g/mol. The molecular formula is C66H53N. The van der Waals surface area contributed by atoms with Crippen molar-refractivity contribution >= 4 is 44.2 Å². The Balaban J connectivity index is 0.885. The Morgan fingerprint density at radius 2 is 0.970 bits per heavy atom. The van der Waals surface area contributed by atoms with Crippen LogP contribution in [-0.4, -0.2) is 4.57 Å². The van der Waals surface area contributed by atoms with Crippen molar-refractivity contribution in [2.45, 2.75) is 50.4 Å². The number of rotatable bonds is 10. The molecule has 0 N–H and O–H groups in total. The van der Waals surface area contributed by atoms with Gasteiger partial charge in [-0.15, -0.1) is 0 Å². The summed E-state index contributed by atoms with van der Waals surface area (Å²) in [7, 11) is 0. The number of hydrogen-bond donors (Lipinski definition) is 0. The quantitative estimate of drug-likeness (QED) is 0.121. The number of allylic oxidation sites excluding steroid dienone is 5. The number of benzene rings is 9. The summed E-state index contributed by atoms with van der Waals surface area (Å²) in [5.41, 5.74) is 19.4. The Morgan fingerprint density at radius 1 is 0.463 bits per heavy atom. The van der Waals surface area contributed by atoms with Crippen molar-refractivity contribution in [3.63, 3.8) is 0 Å². The molecule has 67 heavy (non-hydrogen) atoms. The Kier molecular flexibility index (Phi) is 10.1. The first-order valence-electron chi connectivity index (χ1n) is 24.2. The van der Waals surface area contributed by atoms with Crippen molar-refractivity contribution in [3.8, 4) is 16.8 Å². The zero-order chi connectivity index (χ0) is 45.0. The summed E-state index contributed by atoms with van der Waals surface area (Å²) >= 11 is 0. The van der Waals surface area contributed by atoms with E-state index in [0.717, 1.165) is 25.7 Å². The van der Waals surface area contributed by atoms with E-state index in [2.05, 4.69) is 255 Å². The van der Waals surface area contributed by atoms with E-state index in [1.54, 1.807) is 5.57 Å². The third kappa shape index (κ3) is 6.44. The van der Waals surface area contributed by atoms with Crippen LogP contribution in [0.2, 0.25) is 0 Å². The van der Waals surface area contributed by atoms with Gasteiger partial charge in [-0.05, 0) is 128 Å². The summed E-state index contributed by atoms with van der Waals surface area (Å²) in [6.45, 7) is 4.78. The molecule has 1 nitrogen and oxygen atoms in total. The van der Waals surface area contributed by atoms with Gasteiger partial charge in [0.05, 0.1) is 16.4 Å².